The van der Waals surface area contributed by atoms with Gasteiger partial charge in [0.15, 0.2) is 0 Å². The van der Waals surface area contributed by atoms with Gasteiger partial charge in [0.25, 0.3) is 0 Å². The van der Waals surface area contributed by atoms with Crippen molar-refractivity contribution >= 4 is 5.78 Å². The van der Waals surface area contributed by atoms with Gasteiger partial charge in [0.05, 0.1) is 12.7 Å². The summed E-state index contributed by atoms with van der Waals surface area (Å²) < 4.78 is 0. The SMILES string of the molecule is CC(CC[C@H](O)C(C)(O)CO)[C@H]1CC[C@@]2(C)C3=CCC4C(C)(C)C(=O)CC[C@]4(C)C3=CC[C@]12C. The molecule has 8 atom stereocenters. The maximum absolute atomic E-state index is 12.8. The first-order valence-corrected chi connectivity index (χ1v) is 13.6. The number of carbonyl (C=O) groups is 1. The van der Waals surface area contributed by atoms with Gasteiger partial charge < -0.3 is 15.3 Å². The van der Waals surface area contributed by atoms with Crippen molar-refractivity contribution in [3.63, 3.8) is 0 Å². The predicted octanol–water partition coefficient (Wildman–Crippen LogP) is 5.60. The largest absolute Gasteiger partial charge is 0.393 e. The molecule has 0 aromatic carbocycles. The van der Waals surface area contributed by atoms with Crippen molar-refractivity contribution in [1.82, 2.24) is 0 Å². The van der Waals surface area contributed by atoms with Gasteiger partial charge in [-0.1, -0.05) is 53.7 Å². The molecule has 2 saturated carbocycles. The molecule has 3 N–H and O–H groups in total. The molecule has 0 aliphatic heterocycles. The number of hydrogen-bond donors (Lipinski definition) is 3. The Balaban J connectivity index is 1.60. The summed E-state index contributed by atoms with van der Waals surface area (Å²) in [6, 6.07) is 0. The molecular weight excluding hydrogens is 424 g/mol. The summed E-state index contributed by atoms with van der Waals surface area (Å²) in [6.07, 6.45) is 11.6. The normalized spacial score (nSPS) is 42.5. The third-order valence-electron chi connectivity index (χ3n) is 11.7. The van der Waals surface area contributed by atoms with Gasteiger partial charge in [-0.25, -0.2) is 0 Å². The lowest BCUT2D eigenvalue weighted by molar-refractivity contribution is -0.138. The zero-order chi connectivity index (χ0) is 25.3. The van der Waals surface area contributed by atoms with Crippen LogP contribution in [-0.4, -0.2) is 39.4 Å². The fourth-order valence-corrected chi connectivity index (χ4v) is 8.80. The van der Waals surface area contributed by atoms with Crippen LogP contribution in [0.1, 0.15) is 99.8 Å². The van der Waals surface area contributed by atoms with E-state index in [-0.39, 0.29) is 21.7 Å². The van der Waals surface area contributed by atoms with Crippen LogP contribution in [-0.2, 0) is 4.79 Å². The van der Waals surface area contributed by atoms with Crippen molar-refractivity contribution in [2.75, 3.05) is 6.61 Å². The van der Waals surface area contributed by atoms with Crippen LogP contribution in [0.3, 0.4) is 0 Å². The van der Waals surface area contributed by atoms with E-state index in [4.69, 9.17) is 0 Å². The average Bonchev–Trinajstić information content (AvgIpc) is 3.06. The van der Waals surface area contributed by atoms with Crippen molar-refractivity contribution in [2.24, 2.45) is 39.4 Å². The summed E-state index contributed by atoms with van der Waals surface area (Å²) in [4.78, 5) is 12.8. The molecule has 0 spiro atoms. The first-order valence-electron chi connectivity index (χ1n) is 13.6. The molecule has 0 heterocycles. The Hall–Kier alpha value is -0.970. The maximum atomic E-state index is 12.8. The molecular formula is C30H48O4. The van der Waals surface area contributed by atoms with Gasteiger partial charge in [-0.3, -0.25) is 4.79 Å². The van der Waals surface area contributed by atoms with Crippen LogP contribution in [0.5, 0.6) is 0 Å². The third-order valence-corrected chi connectivity index (χ3v) is 11.7. The summed E-state index contributed by atoms with van der Waals surface area (Å²) in [6.45, 7) is 15.1. The molecule has 4 aliphatic carbocycles. The van der Waals surface area contributed by atoms with E-state index in [2.05, 4.69) is 53.7 Å². The highest BCUT2D eigenvalue weighted by Gasteiger charge is 2.63. The molecule has 2 fully saturated rings. The molecule has 0 aromatic rings. The Labute approximate surface area is 206 Å². The van der Waals surface area contributed by atoms with Crippen LogP contribution in [0.25, 0.3) is 0 Å². The summed E-state index contributed by atoms with van der Waals surface area (Å²) in [5, 5.41) is 30.0. The van der Waals surface area contributed by atoms with E-state index in [0.29, 0.717) is 36.4 Å². The van der Waals surface area contributed by atoms with Gasteiger partial charge >= 0.3 is 0 Å². The smallest absolute Gasteiger partial charge is 0.138 e. The third kappa shape index (κ3) is 3.53. The first-order chi connectivity index (χ1) is 15.6. The van der Waals surface area contributed by atoms with Crippen molar-refractivity contribution in [3.05, 3.63) is 23.3 Å². The van der Waals surface area contributed by atoms with E-state index in [1.54, 1.807) is 5.57 Å². The van der Waals surface area contributed by atoms with Crippen molar-refractivity contribution in [3.8, 4) is 0 Å². The fraction of sp³-hybridized carbons (Fsp3) is 0.833. The number of aliphatic hydroxyl groups excluding tert-OH is 2. The summed E-state index contributed by atoms with van der Waals surface area (Å²) in [5.74, 6) is 1.79. The van der Waals surface area contributed by atoms with Crippen LogP contribution in [0, 0.1) is 39.4 Å². The van der Waals surface area contributed by atoms with Crippen molar-refractivity contribution < 1.29 is 20.1 Å². The molecule has 0 saturated heterocycles. The minimum atomic E-state index is -1.44. The van der Waals surface area contributed by atoms with Crippen molar-refractivity contribution in [1.29, 1.82) is 0 Å². The highest BCUT2D eigenvalue weighted by molar-refractivity contribution is 5.86. The maximum Gasteiger partial charge on any atom is 0.138 e. The number of allylic oxidation sites excluding steroid dienone is 4. The van der Waals surface area contributed by atoms with Crippen LogP contribution in [0.2, 0.25) is 0 Å². The Morgan fingerprint density at radius 2 is 1.76 bits per heavy atom. The lowest BCUT2D eigenvalue weighted by Gasteiger charge is -2.59. The Kier molecular flexibility index (Phi) is 6.36. The summed E-state index contributed by atoms with van der Waals surface area (Å²) in [5.41, 5.74) is 1.76. The predicted molar refractivity (Wildman–Crippen MR) is 136 cm³/mol. The highest BCUT2D eigenvalue weighted by atomic mass is 16.4. The van der Waals surface area contributed by atoms with E-state index in [1.165, 1.54) is 25.3 Å². The number of carbonyl (C=O) groups excluding carboxylic acids is 1. The van der Waals surface area contributed by atoms with Crippen LogP contribution >= 0.6 is 0 Å². The number of Topliss-reactive ketones (excluding diaryl/α,β-unsaturated/α-hetero) is 1. The molecule has 0 aromatic heterocycles. The van der Waals surface area contributed by atoms with Crippen LogP contribution in [0.4, 0.5) is 0 Å². The molecule has 192 valence electrons. The number of aliphatic hydroxyl groups is 3. The van der Waals surface area contributed by atoms with E-state index in [1.807, 2.05) is 0 Å². The molecule has 4 rings (SSSR count). The lowest BCUT2D eigenvalue weighted by atomic mass is 9.44. The van der Waals surface area contributed by atoms with Gasteiger partial charge in [0.2, 0.25) is 0 Å². The molecule has 34 heavy (non-hydrogen) atoms. The van der Waals surface area contributed by atoms with E-state index < -0.39 is 18.3 Å². The lowest BCUT2D eigenvalue weighted by Crippen LogP contribution is -2.53. The number of hydrogen-bond acceptors (Lipinski definition) is 4. The quantitative estimate of drug-likeness (QED) is 0.470. The zero-order valence-electron chi connectivity index (χ0n) is 22.6. The second-order valence-electron chi connectivity index (χ2n) is 13.8. The number of rotatable bonds is 6. The van der Waals surface area contributed by atoms with E-state index >= 15 is 0 Å². The van der Waals surface area contributed by atoms with Gasteiger partial charge in [-0.05, 0) is 97.0 Å². The monoisotopic (exact) mass is 472 g/mol. The first kappa shape index (κ1) is 26.1. The van der Waals surface area contributed by atoms with Gasteiger partial charge in [0, 0.05) is 11.8 Å². The molecule has 0 radical (unpaired) electrons. The van der Waals surface area contributed by atoms with Gasteiger partial charge in [-0.2, -0.15) is 0 Å². The highest BCUT2D eigenvalue weighted by Crippen LogP contribution is 2.71. The van der Waals surface area contributed by atoms with E-state index in [9.17, 15) is 20.1 Å². The van der Waals surface area contributed by atoms with Crippen LogP contribution < -0.4 is 0 Å². The summed E-state index contributed by atoms with van der Waals surface area (Å²) in [7, 11) is 0. The van der Waals surface area contributed by atoms with Crippen LogP contribution in [0.15, 0.2) is 23.3 Å². The fourth-order valence-electron chi connectivity index (χ4n) is 8.80. The Morgan fingerprint density at radius 1 is 1.09 bits per heavy atom. The molecule has 0 bridgehead atoms. The standard InChI is InChI=1S/C30H48O4/c1-19(8-11-25(33)30(7,34)18-31)20-12-16-29(6)22-9-10-23-26(2,3)24(32)14-15-27(23,4)21(22)13-17-28(20,29)5/h9,13,19-20,23,25,31,33-34H,8,10-12,14-18H2,1-7H3/t19?,20-,23?,25+,27-,28-,29+,30?/m1/s1. The minimum Gasteiger partial charge on any atom is -0.393 e. The number of ketones is 1. The topological polar surface area (TPSA) is 77.8 Å². The second kappa shape index (κ2) is 8.28. The minimum absolute atomic E-state index is 0.0789. The Bertz CT molecular complexity index is 897. The molecule has 0 amide bonds. The molecule has 4 nitrogen and oxygen atoms in total. The van der Waals surface area contributed by atoms with Crippen molar-refractivity contribution in [2.45, 2.75) is 112 Å². The molecule has 3 unspecified atom stereocenters. The molecule has 4 aliphatic rings. The second-order valence-corrected chi connectivity index (χ2v) is 13.8. The average molecular weight is 473 g/mol. The molecule has 4 heteroatoms. The summed E-state index contributed by atoms with van der Waals surface area (Å²) >= 11 is 0. The van der Waals surface area contributed by atoms with Gasteiger partial charge in [-0.15, -0.1) is 0 Å². The Morgan fingerprint density at radius 3 is 2.41 bits per heavy atom. The van der Waals surface area contributed by atoms with E-state index in [0.717, 1.165) is 25.7 Å². The van der Waals surface area contributed by atoms with Gasteiger partial charge in [0.1, 0.15) is 11.4 Å². The number of fused-ring (bicyclic) bond motifs is 5. The zero-order valence-corrected chi connectivity index (χ0v) is 22.6.